The molecule has 0 unspecified atom stereocenters. The molecule has 0 atom stereocenters. The maximum atomic E-state index is 11.8. The van der Waals surface area contributed by atoms with Crippen molar-refractivity contribution in [2.75, 3.05) is 13.1 Å². The van der Waals surface area contributed by atoms with Crippen LogP contribution in [0.1, 0.15) is 38.5 Å². The molecule has 3 N–H and O–H groups in total. The second-order valence-electron chi connectivity index (χ2n) is 5.42. The molecule has 1 saturated heterocycles. The van der Waals surface area contributed by atoms with Crippen LogP contribution in [0.5, 0.6) is 0 Å². The lowest BCUT2D eigenvalue weighted by atomic mass is 9.97. The number of piperidine rings is 1. The van der Waals surface area contributed by atoms with Gasteiger partial charge in [-0.3, -0.25) is 4.79 Å². The quantitative estimate of drug-likeness (QED) is 0.708. The first kappa shape index (κ1) is 17.7. The van der Waals surface area contributed by atoms with Crippen LogP contribution in [0.4, 0.5) is 13.2 Å². The van der Waals surface area contributed by atoms with E-state index in [4.69, 9.17) is 9.90 Å². The first-order valence-electron chi connectivity index (χ1n) is 7.21. The molecular weight excluding hydrogens is 289 g/mol. The molecule has 1 aliphatic carbocycles. The van der Waals surface area contributed by atoms with Crippen LogP contribution in [-0.4, -0.2) is 37.2 Å². The van der Waals surface area contributed by atoms with E-state index in [2.05, 4.69) is 10.6 Å². The van der Waals surface area contributed by atoms with Gasteiger partial charge in [-0.15, -0.1) is 0 Å². The molecule has 0 aromatic heterocycles. The summed E-state index contributed by atoms with van der Waals surface area (Å²) in [5.74, 6) is -2.38. The zero-order valence-electron chi connectivity index (χ0n) is 11.7. The fourth-order valence-electron chi connectivity index (χ4n) is 2.58. The first-order chi connectivity index (χ1) is 9.80. The van der Waals surface area contributed by atoms with Gasteiger partial charge in [-0.05, 0) is 12.8 Å². The van der Waals surface area contributed by atoms with E-state index < -0.39 is 12.1 Å². The molecule has 2 rings (SSSR count). The number of nitrogens with two attached hydrogens (primary N) is 1. The number of halogens is 3. The van der Waals surface area contributed by atoms with Crippen LogP contribution in [0.25, 0.3) is 0 Å². The molecular formula is C13H21F3N2O3. The SMILES string of the molecule is O=C(NC1CCCC1)C1CC[NH2+]CC1.O=C([O-])C(F)(F)F. The standard InChI is InChI=1S/C11H20N2O.C2HF3O2/c14-11(9-5-7-12-8-6-9)13-10-3-1-2-4-10;3-2(4,5)1(6)7/h9-10,12H,1-8H2,(H,13,14);(H,6,7). The highest BCUT2D eigenvalue weighted by atomic mass is 19.4. The Morgan fingerprint density at radius 2 is 1.52 bits per heavy atom. The van der Waals surface area contributed by atoms with Crippen molar-refractivity contribution in [1.82, 2.24) is 5.32 Å². The van der Waals surface area contributed by atoms with Crippen molar-refractivity contribution in [1.29, 1.82) is 0 Å². The van der Waals surface area contributed by atoms with Gasteiger partial charge >= 0.3 is 6.18 Å². The third-order valence-corrected chi connectivity index (χ3v) is 3.74. The molecule has 0 aromatic rings. The lowest BCUT2D eigenvalue weighted by Crippen LogP contribution is -2.86. The predicted molar refractivity (Wildman–Crippen MR) is 65.8 cm³/mol. The highest BCUT2D eigenvalue weighted by Gasteiger charge is 2.29. The molecule has 0 aromatic carbocycles. The number of hydrogen-bond donors (Lipinski definition) is 2. The lowest BCUT2D eigenvalue weighted by Gasteiger charge is -2.21. The lowest BCUT2D eigenvalue weighted by molar-refractivity contribution is -0.664. The Labute approximate surface area is 121 Å². The number of quaternary nitrogens is 1. The second kappa shape index (κ2) is 8.21. The number of rotatable bonds is 2. The third kappa shape index (κ3) is 6.79. The summed E-state index contributed by atoms with van der Waals surface area (Å²) in [7, 11) is 0. The number of carbonyl (C=O) groups is 2. The van der Waals surface area contributed by atoms with Crippen molar-refractivity contribution < 1.29 is 33.2 Å². The van der Waals surface area contributed by atoms with E-state index in [1.54, 1.807) is 0 Å². The zero-order valence-corrected chi connectivity index (χ0v) is 11.7. The van der Waals surface area contributed by atoms with Crippen LogP contribution < -0.4 is 15.7 Å². The zero-order chi connectivity index (χ0) is 15.9. The molecule has 1 aliphatic heterocycles. The maximum Gasteiger partial charge on any atom is 0.430 e. The summed E-state index contributed by atoms with van der Waals surface area (Å²) in [5.41, 5.74) is 0. The summed E-state index contributed by atoms with van der Waals surface area (Å²) in [6.07, 6.45) is 1.93. The highest BCUT2D eigenvalue weighted by Crippen LogP contribution is 2.19. The summed E-state index contributed by atoms with van der Waals surface area (Å²) in [6.45, 7) is 2.26. The average molecular weight is 310 g/mol. The normalized spacial score (nSPS) is 20.5. The summed E-state index contributed by atoms with van der Waals surface area (Å²) in [6, 6.07) is 0.494. The van der Waals surface area contributed by atoms with Crippen molar-refractivity contribution in [3.63, 3.8) is 0 Å². The van der Waals surface area contributed by atoms with Crippen molar-refractivity contribution in [2.24, 2.45) is 5.92 Å². The highest BCUT2D eigenvalue weighted by molar-refractivity contribution is 5.79. The van der Waals surface area contributed by atoms with E-state index in [0.717, 1.165) is 25.9 Å². The number of carboxylic acid groups (broad SMARTS) is 1. The van der Waals surface area contributed by atoms with E-state index in [9.17, 15) is 18.0 Å². The monoisotopic (exact) mass is 310 g/mol. The van der Waals surface area contributed by atoms with Crippen molar-refractivity contribution >= 4 is 11.9 Å². The van der Waals surface area contributed by atoms with Crippen LogP contribution in [0.2, 0.25) is 0 Å². The Balaban J connectivity index is 0.000000270. The molecule has 1 heterocycles. The number of hydrogen-bond acceptors (Lipinski definition) is 3. The first-order valence-corrected chi connectivity index (χ1v) is 7.21. The molecule has 1 saturated carbocycles. The van der Waals surface area contributed by atoms with Gasteiger partial charge in [0.05, 0.1) is 13.1 Å². The van der Waals surface area contributed by atoms with Gasteiger partial charge in [-0.1, -0.05) is 12.8 Å². The van der Waals surface area contributed by atoms with Crippen molar-refractivity contribution in [3.05, 3.63) is 0 Å². The number of amides is 1. The Hall–Kier alpha value is -1.31. The van der Waals surface area contributed by atoms with Crippen molar-refractivity contribution in [3.8, 4) is 0 Å². The Kier molecular flexibility index (Phi) is 6.94. The number of alkyl halides is 3. The van der Waals surface area contributed by atoms with E-state index in [1.807, 2.05) is 0 Å². The number of carboxylic acids is 1. The Morgan fingerprint density at radius 1 is 1.05 bits per heavy atom. The molecule has 8 heteroatoms. The third-order valence-electron chi connectivity index (χ3n) is 3.74. The molecule has 0 spiro atoms. The molecule has 0 bridgehead atoms. The van der Waals surface area contributed by atoms with E-state index in [0.29, 0.717) is 17.9 Å². The van der Waals surface area contributed by atoms with Crippen molar-refractivity contribution in [2.45, 2.75) is 50.7 Å². The molecule has 2 aliphatic rings. The average Bonchev–Trinajstić information content (AvgIpc) is 2.92. The van der Waals surface area contributed by atoms with Crippen LogP contribution in [-0.2, 0) is 9.59 Å². The van der Waals surface area contributed by atoms with Gasteiger partial charge in [-0.2, -0.15) is 13.2 Å². The Bertz CT molecular complexity index is 349. The van der Waals surface area contributed by atoms with Gasteiger partial charge in [0, 0.05) is 24.8 Å². The number of nitrogens with one attached hydrogen (secondary N) is 1. The van der Waals surface area contributed by atoms with Gasteiger partial charge < -0.3 is 20.5 Å². The molecule has 0 radical (unpaired) electrons. The fraction of sp³-hybridized carbons (Fsp3) is 0.846. The van der Waals surface area contributed by atoms with Gasteiger partial charge in [0.2, 0.25) is 5.91 Å². The molecule has 21 heavy (non-hydrogen) atoms. The predicted octanol–water partition coefficient (Wildman–Crippen LogP) is -0.683. The van der Waals surface area contributed by atoms with Gasteiger partial charge in [0.25, 0.3) is 0 Å². The van der Waals surface area contributed by atoms with E-state index >= 15 is 0 Å². The summed E-state index contributed by atoms with van der Waals surface area (Å²) >= 11 is 0. The second-order valence-corrected chi connectivity index (χ2v) is 5.42. The molecule has 122 valence electrons. The van der Waals surface area contributed by atoms with Gasteiger partial charge in [0.1, 0.15) is 5.97 Å². The minimum absolute atomic E-state index is 0.306. The largest absolute Gasteiger partial charge is 0.542 e. The minimum atomic E-state index is -5.19. The van der Waals surface area contributed by atoms with Crippen LogP contribution >= 0.6 is 0 Å². The van der Waals surface area contributed by atoms with E-state index in [1.165, 1.54) is 25.7 Å². The number of carbonyl (C=O) groups excluding carboxylic acids is 2. The number of aliphatic carboxylic acids is 1. The minimum Gasteiger partial charge on any atom is -0.542 e. The summed E-state index contributed by atoms with van der Waals surface area (Å²) < 4.78 is 31.5. The summed E-state index contributed by atoms with van der Waals surface area (Å²) in [5, 5.41) is 14.3. The Morgan fingerprint density at radius 3 is 1.95 bits per heavy atom. The van der Waals surface area contributed by atoms with E-state index in [-0.39, 0.29) is 0 Å². The smallest absolute Gasteiger partial charge is 0.430 e. The maximum absolute atomic E-state index is 11.8. The van der Waals surface area contributed by atoms with Crippen LogP contribution in [0.3, 0.4) is 0 Å². The van der Waals surface area contributed by atoms with Gasteiger partial charge in [-0.25, -0.2) is 0 Å². The molecule has 2 fully saturated rings. The van der Waals surface area contributed by atoms with Gasteiger partial charge in [0.15, 0.2) is 0 Å². The molecule has 1 amide bonds. The summed E-state index contributed by atoms with van der Waals surface area (Å²) in [4.78, 5) is 20.6. The van der Waals surface area contributed by atoms with Crippen LogP contribution in [0.15, 0.2) is 0 Å². The fourth-order valence-corrected chi connectivity index (χ4v) is 2.58. The van der Waals surface area contributed by atoms with Crippen LogP contribution in [0, 0.1) is 5.92 Å². The topological polar surface area (TPSA) is 85.8 Å². The molecule has 5 nitrogen and oxygen atoms in total.